The lowest BCUT2D eigenvalue weighted by molar-refractivity contribution is -0.167. The fraction of sp³-hybridized carbons (Fsp3) is 0.878. The van der Waals surface area contributed by atoms with Crippen molar-refractivity contribution in [2.24, 2.45) is 0 Å². The second-order valence-corrected chi connectivity index (χ2v) is 24.5. The van der Waals surface area contributed by atoms with Gasteiger partial charge in [-0.1, -0.05) is 365 Å². The number of ether oxygens (including phenoxy) is 3. The summed E-state index contributed by atoms with van der Waals surface area (Å²) in [7, 11) is 0. The molecular weight excluding hydrogens is 985 g/mol. The van der Waals surface area contributed by atoms with E-state index in [1.54, 1.807) is 0 Å². The Labute approximate surface area is 499 Å². The van der Waals surface area contributed by atoms with Gasteiger partial charge in [-0.15, -0.1) is 0 Å². The Morgan fingerprint density at radius 2 is 0.487 bits per heavy atom. The SMILES string of the molecule is CC/C=C\C/C=C\C/C=C\CCCCCCCCCC(=O)OC(COC(=O)CCCCCCCCCCCCCCCCCCC)COC(=O)CCCCCCCCCCCCCCCCCCCCCCCCCCCCCC. The van der Waals surface area contributed by atoms with Gasteiger partial charge in [0.2, 0.25) is 0 Å². The molecule has 1 atom stereocenters. The molecule has 0 fully saturated rings. The highest BCUT2D eigenvalue weighted by Crippen LogP contribution is 2.19. The Hall–Kier alpha value is -2.37. The summed E-state index contributed by atoms with van der Waals surface area (Å²) in [6.45, 7) is 6.61. The van der Waals surface area contributed by atoms with Crippen LogP contribution in [0.5, 0.6) is 0 Å². The molecule has 0 saturated heterocycles. The molecule has 0 aliphatic carbocycles. The molecule has 0 N–H and O–H groups in total. The minimum absolute atomic E-state index is 0.0704. The third-order valence-corrected chi connectivity index (χ3v) is 16.4. The van der Waals surface area contributed by atoms with Gasteiger partial charge in [-0.3, -0.25) is 14.4 Å². The lowest BCUT2D eigenvalue weighted by Crippen LogP contribution is -2.30. The maximum Gasteiger partial charge on any atom is 0.306 e. The van der Waals surface area contributed by atoms with Crippen LogP contribution in [0.25, 0.3) is 0 Å². The molecule has 6 heteroatoms. The molecule has 0 aliphatic rings. The number of hydrogen-bond acceptors (Lipinski definition) is 6. The van der Waals surface area contributed by atoms with E-state index in [1.165, 1.54) is 276 Å². The van der Waals surface area contributed by atoms with Gasteiger partial charge in [-0.25, -0.2) is 0 Å². The van der Waals surface area contributed by atoms with Crippen molar-refractivity contribution in [3.05, 3.63) is 36.5 Å². The fourth-order valence-corrected chi connectivity index (χ4v) is 11.1. The lowest BCUT2D eigenvalue weighted by atomic mass is 10.0. The standard InChI is InChI=1S/C74H138O6/c1-4-7-10-13-16-19-22-25-28-31-32-33-34-35-36-37-38-39-40-41-44-46-49-52-55-58-61-64-67-73(76)79-70-71(80-74(77)68-65-62-59-56-53-50-47-43-30-27-24-21-18-15-12-9-6-3)69-78-72(75)66-63-60-57-54-51-48-45-42-29-26-23-20-17-14-11-8-5-2/h9,12,18,21,27,30,71H,4-8,10-11,13-17,19-20,22-26,28-29,31-70H2,1-3H3/b12-9-,21-18-,30-27-. The van der Waals surface area contributed by atoms with E-state index in [1.807, 2.05) is 0 Å². The van der Waals surface area contributed by atoms with Crippen LogP contribution in [0.1, 0.15) is 400 Å². The number of allylic oxidation sites excluding steroid dienone is 6. The third kappa shape index (κ3) is 66.4. The summed E-state index contributed by atoms with van der Waals surface area (Å²) < 4.78 is 17.0. The van der Waals surface area contributed by atoms with Gasteiger partial charge in [0.1, 0.15) is 13.2 Å². The summed E-state index contributed by atoms with van der Waals surface area (Å²) in [5.74, 6) is -0.849. The summed E-state index contributed by atoms with van der Waals surface area (Å²) in [4.78, 5) is 38.5. The highest BCUT2D eigenvalue weighted by atomic mass is 16.6. The zero-order chi connectivity index (χ0) is 57.8. The molecule has 6 nitrogen and oxygen atoms in total. The molecule has 0 aromatic carbocycles. The van der Waals surface area contributed by atoms with Crippen molar-refractivity contribution in [3.8, 4) is 0 Å². The molecular formula is C74H138O6. The van der Waals surface area contributed by atoms with Crippen LogP contribution < -0.4 is 0 Å². The van der Waals surface area contributed by atoms with Crippen molar-refractivity contribution < 1.29 is 28.6 Å². The maximum absolute atomic E-state index is 12.9. The normalized spacial score (nSPS) is 12.2. The highest BCUT2D eigenvalue weighted by molar-refractivity contribution is 5.71. The number of carbonyl (C=O) groups is 3. The summed E-state index contributed by atoms with van der Waals surface area (Å²) >= 11 is 0. The molecule has 80 heavy (non-hydrogen) atoms. The van der Waals surface area contributed by atoms with Gasteiger partial charge in [0.25, 0.3) is 0 Å². The number of unbranched alkanes of at least 4 members (excludes halogenated alkanes) is 50. The quantitative estimate of drug-likeness (QED) is 0.0261. The molecule has 0 spiro atoms. The van der Waals surface area contributed by atoms with Gasteiger partial charge >= 0.3 is 17.9 Å². The van der Waals surface area contributed by atoms with Crippen LogP contribution in [-0.4, -0.2) is 37.2 Å². The first-order chi connectivity index (χ1) is 39.5. The second-order valence-electron chi connectivity index (χ2n) is 24.5. The van der Waals surface area contributed by atoms with E-state index in [0.29, 0.717) is 19.3 Å². The maximum atomic E-state index is 12.9. The number of carbonyl (C=O) groups excluding carboxylic acids is 3. The van der Waals surface area contributed by atoms with E-state index in [0.717, 1.165) is 83.5 Å². The van der Waals surface area contributed by atoms with E-state index in [2.05, 4.69) is 57.2 Å². The number of esters is 3. The Kier molecular flexibility index (Phi) is 67.1. The average Bonchev–Trinajstić information content (AvgIpc) is 3.46. The summed E-state index contributed by atoms with van der Waals surface area (Å²) in [6.07, 6.45) is 86.1. The Morgan fingerprint density at radius 3 is 0.762 bits per heavy atom. The van der Waals surface area contributed by atoms with Gasteiger partial charge in [-0.05, 0) is 51.4 Å². The second kappa shape index (κ2) is 69.1. The van der Waals surface area contributed by atoms with E-state index >= 15 is 0 Å². The number of rotatable bonds is 67. The predicted molar refractivity (Wildman–Crippen MR) is 349 cm³/mol. The van der Waals surface area contributed by atoms with Crippen molar-refractivity contribution in [2.75, 3.05) is 13.2 Å². The zero-order valence-electron chi connectivity index (χ0n) is 54.1. The lowest BCUT2D eigenvalue weighted by Gasteiger charge is -2.18. The zero-order valence-corrected chi connectivity index (χ0v) is 54.1. The van der Waals surface area contributed by atoms with Crippen LogP contribution in [0.15, 0.2) is 36.5 Å². The molecule has 0 rings (SSSR count). The summed E-state index contributed by atoms with van der Waals surface area (Å²) in [5.41, 5.74) is 0. The Bertz CT molecular complexity index is 1340. The first-order valence-electron chi connectivity index (χ1n) is 36.0. The summed E-state index contributed by atoms with van der Waals surface area (Å²) in [6, 6.07) is 0. The van der Waals surface area contributed by atoms with Crippen molar-refractivity contribution in [3.63, 3.8) is 0 Å². The Morgan fingerprint density at radius 1 is 0.263 bits per heavy atom. The molecule has 0 amide bonds. The molecule has 0 saturated carbocycles. The van der Waals surface area contributed by atoms with Crippen LogP contribution in [0, 0.1) is 0 Å². The average molecular weight is 1120 g/mol. The van der Waals surface area contributed by atoms with E-state index < -0.39 is 6.10 Å². The van der Waals surface area contributed by atoms with Gasteiger partial charge < -0.3 is 14.2 Å². The van der Waals surface area contributed by atoms with Crippen molar-refractivity contribution in [2.45, 2.75) is 406 Å². The highest BCUT2D eigenvalue weighted by Gasteiger charge is 2.19. The van der Waals surface area contributed by atoms with Gasteiger partial charge in [0, 0.05) is 19.3 Å². The smallest absolute Gasteiger partial charge is 0.306 e. The van der Waals surface area contributed by atoms with Crippen LogP contribution in [-0.2, 0) is 28.6 Å². The van der Waals surface area contributed by atoms with Crippen molar-refractivity contribution in [1.82, 2.24) is 0 Å². The largest absolute Gasteiger partial charge is 0.462 e. The van der Waals surface area contributed by atoms with Crippen LogP contribution in [0.4, 0.5) is 0 Å². The molecule has 470 valence electrons. The molecule has 0 heterocycles. The fourth-order valence-electron chi connectivity index (χ4n) is 11.1. The molecule has 0 aromatic heterocycles. The van der Waals surface area contributed by atoms with E-state index in [-0.39, 0.29) is 31.1 Å². The predicted octanol–water partition coefficient (Wildman–Crippen LogP) is 24.7. The van der Waals surface area contributed by atoms with E-state index in [4.69, 9.17) is 14.2 Å². The van der Waals surface area contributed by atoms with Gasteiger partial charge in [-0.2, -0.15) is 0 Å². The van der Waals surface area contributed by atoms with E-state index in [9.17, 15) is 14.4 Å². The first kappa shape index (κ1) is 77.6. The minimum Gasteiger partial charge on any atom is -0.462 e. The molecule has 0 aromatic rings. The minimum atomic E-state index is -0.775. The van der Waals surface area contributed by atoms with Crippen LogP contribution in [0.2, 0.25) is 0 Å². The van der Waals surface area contributed by atoms with Gasteiger partial charge in [0.05, 0.1) is 0 Å². The van der Waals surface area contributed by atoms with Crippen molar-refractivity contribution >= 4 is 17.9 Å². The number of hydrogen-bond donors (Lipinski definition) is 0. The van der Waals surface area contributed by atoms with Crippen molar-refractivity contribution in [1.29, 1.82) is 0 Å². The topological polar surface area (TPSA) is 78.9 Å². The monoisotopic (exact) mass is 1120 g/mol. The molecule has 0 radical (unpaired) electrons. The van der Waals surface area contributed by atoms with Gasteiger partial charge in [0.15, 0.2) is 6.10 Å². The molecule has 0 bridgehead atoms. The van der Waals surface area contributed by atoms with Crippen LogP contribution >= 0.6 is 0 Å². The molecule has 0 aliphatic heterocycles. The first-order valence-corrected chi connectivity index (χ1v) is 36.0. The Balaban J connectivity index is 4.21. The third-order valence-electron chi connectivity index (χ3n) is 16.4. The molecule has 1 unspecified atom stereocenters. The van der Waals surface area contributed by atoms with Crippen LogP contribution in [0.3, 0.4) is 0 Å². The summed E-state index contributed by atoms with van der Waals surface area (Å²) in [5, 5.41) is 0.